The van der Waals surface area contributed by atoms with Crippen LogP contribution in [0.5, 0.6) is 0 Å². The van der Waals surface area contributed by atoms with Gasteiger partial charge >= 0.3 is 0 Å². The van der Waals surface area contributed by atoms with E-state index < -0.39 is 0 Å². The molecule has 9 heteroatoms. The summed E-state index contributed by atoms with van der Waals surface area (Å²) in [6.45, 7) is 3.91. The molecule has 0 aliphatic rings. The molecule has 0 bridgehead atoms. The van der Waals surface area contributed by atoms with E-state index in [-0.39, 0.29) is 17.6 Å². The van der Waals surface area contributed by atoms with Crippen molar-refractivity contribution in [3.05, 3.63) is 54.0 Å². The number of aryl methyl sites for hydroxylation is 1. The van der Waals surface area contributed by atoms with Crippen LogP contribution >= 0.6 is 0 Å². The highest BCUT2D eigenvalue weighted by atomic mass is 16.5. The van der Waals surface area contributed by atoms with E-state index in [1.165, 1.54) is 0 Å². The summed E-state index contributed by atoms with van der Waals surface area (Å²) < 4.78 is 8.90. The summed E-state index contributed by atoms with van der Waals surface area (Å²) >= 11 is 0. The van der Waals surface area contributed by atoms with Gasteiger partial charge < -0.3 is 9.84 Å². The molecule has 0 spiro atoms. The Morgan fingerprint density at radius 2 is 2.26 bits per heavy atom. The lowest BCUT2D eigenvalue weighted by Crippen LogP contribution is -2.28. The summed E-state index contributed by atoms with van der Waals surface area (Å²) in [7, 11) is 1.85. The quantitative estimate of drug-likeness (QED) is 0.582. The fraction of sp³-hybridized carbons (Fsp3) is 0.278. The number of nitrogens with zero attached hydrogens (tertiary/aromatic N) is 6. The van der Waals surface area contributed by atoms with Crippen LogP contribution < -0.4 is 5.32 Å². The van der Waals surface area contributed by atoms with Crippen molar-refractivity contribution in [2.45, 2.75) is 26.3 Å². The molecule has 27 heavy (non-hydrogen) atoms. The third kappa shape index (κ3) is 3.07. The Morgan fingerprint density at radius 1 is 1.41 bits per heavy atom. The predicted molar refractivity (Wildman–Crippen MR) is 96.9 cm³/mol. The van der Waals surface area contributed by atoms with Gasteiger partial charge in [0, 0.05) is 37.4 Å². The van der Waals surface area contributed by atoms with Crippen molar-refractivity contribution in [3.8, 4) is 11.3 Å². The van der Waals surface area contributed by atoms with Crippen molar-refractivity contribution < 1.29 is 9.32 Å². The first-order valence-electron chi connectivity index (χ1n) is 8.63. The zero-order valence-corrected chi connectivity index (χ0v) is 15.2. The van der Waals surface area contributed by atoms with Crippen LogP contribution in [0, 0.1) is 6.92 Å². The molecule has 4 rings (SSSR count). The standard InChI is InChI=1S/C18H19N7O2/c1-4-13(15-10-25-7-5-6-19-18(25)22-15)21-17(26)14-8-16(27-23-14)12-9-20-24(3)11(12)2/h5-10,13H,4H2,1-3H3,(H,21,26)/t13-/m0/s1. The maximum absolute atomic E-state index is 12.6. The molecule has 0 fully saturated rings. The lowest BCUT2D eigenvalue weighted by atomic mass is 10.1. The molecule has 4 aromatic heterocycles. The number of carbonyl (C=O) groups excluding carboxylic acids is 1. The second-order valence-corrected chi connectivity index (χ2v) is 6.27. The number of amides is 1. The highest BCUT2D eigenvalue weighted by Gasteiger charge is 2.21. The molecule has 0 unspecified atom stereocenters. The minimum atomic E-state index is -0.316. The molecule has 0 aliphatic heterocycles. The van der Waals surface area contributed by atoms with Crippen LogP contribution in [-0.2, 0) is 7.05 Å². The van der Waals surface area contributed by atoms with Crippen LogP contribution in [0.15, 0.2) is 41.4 Å². The zero-order valence-electron chi connectivity index (χ0n) is 15.2. The summed E-state index contributed by atoms with van der Waals surface area (Å²) in [5.74, 6) is 0.787. The summed E-state index contributed by atoms with van der Waals surface area (Å²) in [6, 6.07) is 3.20. The topological polar surface area (TPSA) is 103 Å². The van der Waals surface area contributed by atoms with Gasteiger partial charge in [-0.25, -0.2) is 9.97 Å². The van der Waals surface area contributed by atoms with E-state index in [4.69, 9.17) is 4.52 Å². The maximum Gasteiger partial charge on any atom is 0.274 e. The van der Waals surface area contributed by atoms with E-state index in [0.29, 0.717) is 18.0 Å². The van der Waals surface area contributed by atoms with E-state index in [0.717, 1.165) is 17.0 Å². The monoisotopic (exact) mass is 365 g/mol. The van der Waals surface area contributed by atoms with E-state index >= 15 is 0 Å². The molecule has 0 saturated carbocycles. The van der Waals surface area contributed by atoms with Crippen molar-refractivity contribution in [1.29, 1.82) is 0 Å². The summed E-state index contributed by atoms with van der Waals surface area (Å²) in [5, 5.41) is 11.0. The molecule has 1 atom stereocenters. The molecule has 4 heterocycles. The lowest BCUT2D eigenvalue weighted by Gasteiger charge is -2.13. The summed E-state index contributed by atoms with van der Waals surface area (Å²) in [6.07, 6.45) is 7.79. The number of rotatable bonds is 5. The minimum Gasteiger partial charge on any atom is -0.355 e. The number of fused-ring (bicyclic) bond motifs is 1. The van der Waals surface area contributed by atoms with Crippen LogP contribution in [0.1, 0.15) is 41.3 Å². The zero-order chi connectivity index (χ0) is 19.0. The first-order chi connectivity index (χ1) is 13.1. The lowest BCUT2D eigenvalue weighted by molar-refractivity contribution is 0.0925. The van der Waals surface area contributed by atoms with Crippen LogP contribution in [0.3, 0.4) is 0 Å². The average molecular weight is 365 g/mol. The molecular formula is C18H19N7O2. The van der Waals surface area contributed by atoms with Crippen molar-refractivity contribution >= 4 is 11.7 Å². The van der Waals surface area contributed by atoms with Gasteiger partial charge in [0.25, 0.3) is 5.91 Å². The van der Waals surface area contributed by atoms with Gasteiger partial charge in [0.05, 0.1) is 23.5 Å². The van der Waals surface area contributed by atoms with Crippen LogP contribution in [0.4, 0.5) is 0 Å². The molecule has 0 aliphatic carbocycles. The van der Waals surface area contributed by atoms with Crippen LogP contribution in [0.25, 0.3) is 17.1 Å². The molecular weight excluding hydrogens is 346 g/mol. The van der Waals surface area contributed by atoms with E-state index in [1.807, 2.05) is 43.8 Å². The SMILES string of the molecule is CC[C@H](NC(=O)c1cc(-c2cnn(C)c2C)on1)c1cn2cccnc2n1. The Bertz CT molecular complexity index is 1080. The molecule has 0 radical (unpaired) electrons. The van der Waals surface area contributed by atoms with Crippen molar-refractivity contribution in [3.63, 3.8) is 0 Å². The van der Waals surface area contributed by atoms with Crippen molar-refractivity contribution in [2.24, 2.45) is 7.05 Å². The maximum atomic E-state index is 12.6. The molecule has 1 amide bonds. The number of nitrogens with one attached hydrogen (secondary N) is 1. The fourth-order valence-electron chi connectivity index (χ4n) is 2.88. The Balaban J connectivity index is 1.55. The summed E-state index contributed by atoms with van der Waals surface area (Å²) in [5.41, 5.74) is 2.70. The van der Waals surface area contributed by atoms with Crippen LogP contribution in [-0.4, -0.2) is 35.2 Å². The number of hydrogen-bond donors (Lipinski definition) is 1. The van der Waals surface area contributed by atoms with Crippen molar-refractivity contribution in [1.82, 2.24) is 34.6 Å². The Hall–Kier alpha value is -3.49. The third-order valence-electron chi connectivity index (χ3n) is 4.57. The molecule has 4 aromatic rings. The minimum absolute atomic E-state index is 0.216. The fourth-order valence-corrected chi connectivity index (χ4v) is 2.88. The average Bonchev–Trinajstić information content (AvgIpc) is 3.39. The molecule has 138 valence electrons. The van der Waals surface area contributed by atoms with Gasteiger partial charge in [-0.15, -0.1) is 0 Å². The largest absolute Gasteiger partial charge is 0.355 e. The second-order valence-electron chi connectivity index (χ2n) is 6.27. The highest BCUT2D eigenvalue weighted by Crippen LogP contribution is 2.24. The normalized spacial score (nSPS) is 12.4. The van der Waals surface area contributed by atoms with Gasteiger partial charge in [-0.3, -0.25) is 13.9 Å². The van der Waals surface area contributed by atoms with Gasteiger partial charge in [0.1, 0.15) is 0 Å². The number of hydrogen-bond acceptors (Lipinski definition) is 6. The van der Waals surface area contributed by atoms with Crippen LogP contribution in [0.2, 0.25) is 0 Å². The van der Waals surface area contributed by atoms with Gasteiger partial charge in [-0.1, -0.05) is 12.1 Å². The van der Waals surface area contributed by atoms with E-state index in [2.05, 4.69) is 25.5 Å². The van der Waals surface area contributed by atoms with Gasteiger partial charge in [-0.05, 0) is 19.4 Å². The van der Waals surface area contributed by atoms with E-state index in [9.17, 15) is 4.79 Å². The van der Waals surface area contributed by atoms with Gasteiger partial charge in [0.2, 0.25) is 5.78 Å². The summed E-state index contributed by atoms with van der Waals surface area (Å²) in [4.78, 5) is 21.3. The molecule has 9 nitrogen and oxygen atoms in total. The van der Waals surface area contributed by atoms with Gasteiger partial charge in [-0.2, -0.15) is 5.10 Å². The Morgan fingerprint density at radius 3 is 2.96 bits per heavy atom. The highest BCUT2D eigenvalue weighted by molar-refractivity contribution is 5.93. The third-order valence-corrected chi connectivity index (χ3v) is 4.57. The predicted octanol–water partition coefficient (Wildman–Crippen LogP) is 2.31. The van der Waals surface area contributed by atoms with E-state index in [1.54, 1.807) is 23.1 Å². The van der Waals surface area contributed by atoms with Gasteiger partial charge in [0.15, 0.2) is 11.5 Å². The number of imidazole rings is 1. The Kier molecular flexibility index (Phi) is 4.19. The Labute approximate surface area is 155 Å². The first-order valence-corrected chi connectivity index (χ1v) is 8.63. The number of aromatic nitrogens is 6. The number of carbonyl (C=O) groups is 1. The first kappa shape index (κ1) is 17.0. The molecule has 1 N–H and O–H groups in total. The molecule has 0 saturated heterocycles. The molecule has 0 aromatic carbocycles. The second kappa shape index (κ2) is 6.67. The smallest absolute Gasteiger partial charge is 0.274 e. The van der Waals surface area contributed by atoms with Crippen molar-refractivity contribution in [2.75, 3.05) is 0 Å².